The normalized spacial score (nSPS) is 17.2. The van der Waals surface area contributed by atoms with Crippen molar-refractivity contribution in [1.82, 2.24) is 19.3 Å². The minimum absolute atomic E-state index is 0.0692. The SMILES string of the molecule is O=S(=O)(c1ccc(N2CCOCC2)cc1)N1CCC(Nc2nc(Nc3cccc(C(F)(F)F)c3)nc(OCC(F)(F)F)n2)CC1. The Kier molecular flexibility index (Phi) is 9.54. The molecule has 3 aromatic rings. The molecular formula is C27H29F6N7O4S. The molecule has 0 unspecified atom stereocenters. The van der Waals surface area contributed by atoms with Crippen LogP contribution in [0.5, 0.6) is 6.01 Å². The highest BCUT2D eigenvalue weighted by molar-refractivity contribution is 7.89. The van der Waals surface area contributed by atoms with E-state index in [0.29, 0.717) is 39.1 Å². The number of aromatic nitrogens is 3. The quantitative estimate of drug-likeness (QED) is 0.313. The Morgan fingerprint density at radius 1 is 0.889 bits per heavy atom. The van der Waals surface area contributed by atoms with Gasteiger partial charge in [0.15, 0.2) is 6.61 Å². The lowest BCUT2D eigenvalue weighted by Gasteiger charge is -2.32. The maximum absolute atomic E-state index is 13.3. The van der Waals surface area contributed by atoms with Crippen molar-refractivity contribution in [3.63, 3.8) is 0 Å². The van der Waals surface area contributed by atoms with E-state index in [0.717, 1.165) is 23.9 Å². The number of ether oxygens (including phenoxy) is 2. The maximum Gasteiger partial charge on any atom is 0.422 e. The lowest BCUT2D eigenvalue weighted by atomic mass is 10.1. The van der Waals surface area contributed by atoms with E-state index >= 15 is 0 Å². The number of alkyl halides is 6. The molecule has 2 fully saturated rings. The summed E-state index contributed by atoms with van der Waals surface area (Å²) < 4.78 is 116. The summed E-state index contributed by atoms with van der Waals surface area (Å²) in [6.07, 6.45) is -8.70. The van der Waals surface area contributed by atoms with Gasteiger partial charge in [0, 0.05) is 43.6 Å². The number of sulfonamides is 1. The number of nitrogens with zero attached hydrogens (tertiary/aromatic N) is 5. The first kappa shape index (κ1) is 32.5. The Morgan fingerprint density at radius 2 is 1.56 bits per heavy atom. The molecular weight excluding hydrogens is 632 g/mol. The molecule has 244 valence electrons. The molecule has 0 aliphatic carbocycles. The molecule has 0 radical (unpaired) electrons. The minimum atomic E-state index is -4.70. The van der Waals surface area contributed by atoms with Gasteiger partial charge in [0.2, 0.25) is 21.9 Å². The first-order chi connectivity index (χ1) is 21.3. The van der Waals surface area contributed by atoms with E-state index in [9.17, 15) is 34.8 Å². The number of morpholine rings is 1. The van der Waals surface area contributed by atoms with Gasteiger partial charge in [-0.15, -0.1) is 0 Å². The van der Waals surface area contributed by atoms with E-state index in [4.69, 9.17) is 4.74 Å². The third-order valence-corrected chi connectivity index (χ3v) is 8.98. The molecule has 2 aliphatic heterocycles. The van der Waals surface area contributed by atoms with Crippen LogP contribution in [0.3, 0.4) is 0 Å². The van der Waals surface area contributed by atoms with Crippen molar-refractivity contribution in [2.24, 2.45) is 0 Å². The van der Waals surface area contributed by atoms with E-state index in [-0.39, 0.29) is 41.6 Å². The number of anilines is 4. The van der Waals surface area contributed by atoms with E-state index in [1.54, 1.807) is 24.3 Å². The number of rotatable bonds is 9. The number of halogens is 6. The van der Waals surface area contributed by atoms with Crippen LogP contribution in [0.4, 0.5) is 49.6 Å². The lowest BCUT2D eigenvalue weighted by molar-refractivity contribution is -0.154. The van der Waals surface area contributed by atoms with Crippen LogP contribution in [0, 0.1) is 0 Å². The van der Waals surface area contributed by atoms with E-state index in [1.807, 2.05) is 0 Å². The fourth-order valence-electron chi connectivity index (χ4n) is 4.81. The zero-order chi connectivity index (χ0) is 32.2. The van der Waals surface area contributed by atoms with Crippen molar-refractivity contribution in [3.05, 3.63) is 54.1 Å². The smallest absolute Gasteiger partial charge is 0.422 e. The van der Waals surface area contributed by atoms with Crippen LogP contribution in [-0.4, -0.2) is 85.9 Å². The van der Waals surface area contributed by atoms with Gasteiger partial charge in [-0.05, 0) is 55.3 Å². The monoisotopic (exact) mass is 661 g/mol. The van der Waals surface area contributed by atoms with Crippen LogP contribution in [0.2, 0.25) is 0 Å². The second-order valence-corrected chi connectivity index (χ2v) is 12.2. The predicted octanol–water partition coefficient (Wildman–Crippen LogP) is 4.68. The molecule has 11 nitrogen and oxygen atoms in total. The Morgan fingerprint density at radius 3 is 2.20 bits per heavy atom. The van der Waals surface area contributed by atoms with Crippen molar-refractivity contribution in [3.8, 4) is 6.01 Å². The van der Waals surface area contributed by atoms with Crippen LogP contribution in [0.15, 0.2) is 53.4 Å². The van der Waals surface area contributed by atoms with Gasteiger partial charge in [0.25, 0.3) is 0 Å². The number of benzene rings is 2. The fraction of sp³-hybridized carbons (Fsp3) is 0.444. The summed E-state index contributed by atoms with van der Waals surface area (Å²) in [7, 11) is -3.78. The summed E-state index contributed by atoms with van der Waals surface area (Å²) in [5.74, 6) is -0.554. The molecule has 0 bridgehead atoms. The molecule has 0 saturated carbocycles. The summed E-state index contributed by atoms with van der Waals surface area (Å²) >= 11 is 0. The first-order valence-corrected chi connectivity index (χ1v) is 15.3. The molecule has 3 heterocycles. The van der Waals surface area contributed by atoms with Gasteiger partial charge < -0.3 is 25.0 Å². The minimum Gasteiger partial charge on any atom is -0.454 e. The number of hydrogen-bond donors (Lipinski definition) is 2. The zero-order valence-corrected chi connectivity index (χ0v) is 24.4. The van der Waals surface area contributed by atoms with Crippen LogP contribution >= 0.6 is 0 Å². The van der Waals surface area contributed by atoms with Crippen molar-refractivity contribution in [1.29, 1.82) is 0 Å². The molecule has 1 aromatic heterocycles. The number of hydrogen-bond acceptors (Lipinski definition) is 10. The van der Waals surface area contributed by atoms with Crippen LogP contribution in [-0.2, 0) is 20.9 Å². The fourth-order valence-corrected chi connectivity index (χ4v) is 6.28. The van der Waals surface area contributed by atoms with Crippen LogP contribution < -0.4 is 20.3 Å². The van der Waals surface area contributed by atoms with Gasteiger partial charge in [-0.3, -0.25) is 0 Å². The standard InChI is InChI=1S/C27H29F6N7O4S/c28-26(29,30)17-44-25-37-23(36-24(38-25)35-20-3-1-2-18(16-20)27(31,32)33)34-19-8-10-40(11-9-19)45(41,42)22-6-4-21(5-7-22)39-12-14-43-15-13-39/h1-7,16,19H,8-15,17H2,(H2,34,35,36,37,38). The Labute approximate surface area is 254 Å². The van der Waals surface area contributed by atoms with Crippen molar-refractivity contribution >= 4 is 33.3 Å². The van der Waals surface area contributed by atoms with Gasteiger partial charge in [-0.25, -0.2) is 8.42 Å². The summed E-state index contributed by atoms with van der Waals surface area (Å²) in [5, 5.41) is 5.50. The molecule has 0 spiro atoms. The molecule has 2 saturated heterocycles. The van der Waals surface area contributed by atoms with Gasteiger partial charge in [-0.2, -0.15) is 45.6 Å². The average Bonchev–Trinajstić information content (AvgIpc) is 3.00. The van der Waals surface area contributed by atoms with Crippen molar-refractivity contribution < 1.29 is 44.2 Å². The lowest BCUT2D eigenvalue weighted by Crippen LogP contribution is -2.42. The topological polar surface area (TPSA) is 122 Å². The van der Waals surface area contributed by atoms with Gasteiger partial charge in [0.1, 0.15) is 0 Å². The molecule has 18 heteroatoms. The highest BCUT2D eigenvalue weighted by Crippen LogP contribution is 2.32. The molecule has 0 amide bonds. The second kappa shape index (κ2) is 13.2. The number of piperidine rings is 1. The summed E-state index contributed by atoms with van der Waals surface area (Å²) in [5.41, 5.74) is -0.124. The average molecular weight is 662 g/mol. The highest BCUT2D eigenvalue weighted by Gasteiger charge is 2.32. The molecule has 0 atom stereocenters. The highest BCUT2D eigenvalue weighted by atomic mass is 32.2. The van der Waals surface area contributed by atoms with Crippen molar-refractivity contribution in [2.75, 3.05) is 61.5 Å². The van der Waals surface area contributed by atoms with Gasteiger partial charge in [-0.1, -0.05) is 6.07 Å². The Bertz CT molecular complexity index is 1560. The predicted molar refractivity (Wildman–Crippen MR) is 151 cm³/mol. The molecule has 5 rings (SSSR count). The third-order valence-electron chi connectivity index (χ3n) is 7.06. The second-order valence-electron chi connectivity index (χ2n) is 10.3. The maximum atomic E-state index is 13.3. The Hall–Kier alpha value is -3.90. The van der Waals surface area contributed by atoms with Crippen LogP contribution in [0.25, 0.3) is 0 Å². The summed E-state index contributed by atoms with van der Waals surface area (Å²) in [6, 6.07) is 9.66. The van der Waals surface area contributed by atoms with Crippen molar-refractivity contribution in [2.45, 2.75) is 36.1 Å². The molecule has 2 aromatic carbocycles. The largest absolute Gasteiger partial charge is 0.454 e. The van der Waals surface area contributed by atoms with E-state index < -0.39 is 40.6 Å². The van der Waals surface area contributed by atoms with E-state index in [1.165, 1.54) is 10.4 Å². The molecule has 45 heavy (non-hydrogen) atoms. The molecule has 2 N–H and O–H groups in total. The molecule has 2 aliphatic rings. The number of nitrogens with one attached hydrogen (secondary N) is 2. The first-order valence-electron chi connectivity index (χ1n) is 13.9. The summed E-state index contributed by atoms with van der Waals surface area (Å²) in [6.45, 7) is 1.21. The van der Waals surface area contributed by atoms with Gasteiger partial charge in [0.05, 0.1) is 23.7 Å². The zero-order valence-electron chi connectivity index (χ0n) is 23.6. The Balaban J connectivity index is 1.25. The summed E-state index contributed by atoms with van der Waals surface area (Å²) in [4.78, 5) is 14.0. The van der Waals surface area contributed by atoms with Crippen LogP contribution in [0.1, 0.15) is 18.4 Å². The third kappa shape index (κ3) is 8.64. The van der Waals surface area contributed by atoms with E-state index in [2.05, 4.69) is 35.2 Å². The van der Waals surface area contributed by atoms with Gasteiger partial charge >= 0.3 is 18.4 Å².